The minimum absolute atomic E-state index is 0.0282. The van der Waals surface area contributed by atoms with Gasteiger partial charge in [-0.2, -0.15) is 0 Å². The number of carbonyl (C=O) groups excluding carboxylic acids is 3. The second-order valence-corrected chi connectivity index (χ2v) is 36.4. The molecule has 0 spiro atoms. The summed E-state index contributed by atoms with van der Waals surface area (Å²) in [6, 6.07) is 53.2. The predicted octanol–water partition coefficient (Wildman–Crippen LogP) is 16.4. The average Bonchev–Trinajstić information content (AvgIpc) is 1.61. The van der Waals surface area contributed by atoms with Gasteiger partial charge < -0.3 is 73.3 Å². The van der Waals surface area contributed by atoms with Crippen LogP contribution in [0.15, 0.2) is 209 Å². The highest BCUT2D eigenvalue weighted by atomic mass is 35.7. The Balaban J connectivity index is 0.000000171. The summed E-state index contributed by atoms with van der Waals surface area (Å²) < 4.78 is 115. The van der Waals surface area contributed by atoms with Gasteiger partial charge in [0.2, 0.25) is 10.0 Å². The number of hydrogen-bond acceptors (Lipinski definition) is 17. The Bertz CT molecular complexity index is 5460. The number of azide groups is 1. The van der Waals surface area contributed by atoms with Crippen molar-refractivity contribution in [3.8, 4) is 5.75 Å². The summed E-state index contributed by atoms with van der Waals surface area (Å²) in [5.41, 5.74) is 19.7. The highest BCUT2D eigenvalue weighted by molar-refractivity contribution is 8.13. The first kappa shape index (κ1) is 90.2. The number of benzene rings is 8. The maximum Gasteiger partial charge on any atom is 0.573 e. The van der Waals surface area contributed by atoms with Gasteiger partial charge in [0.1, 0.15) is 22.6 Å². The van der Waals surface area contributed by atoms with E-state index in [1.54, 1.807) is 58.6 Å². The van der Waals surface area contributed by atoms with Gasteiger partial charge in [-0.25, -0.2) is 35.9 Å². The fourth-order valence-corrected chi connectivity index (χ4v) is 16.9. The second-order valence-electron chi connectivity index (χ2n) is 32.1. The zero-order valence-corrected chi connectivity index (χ0v) is 70.6. The number of aryl methyl sites for hydroxylation is 1. The van der Waals surface area contributed by atoms with Gasteiger partial charge in [0.25, 0.3) is 9.05 Å². The lowest BCUT2D eigenvalue weighted by Gasteiger charge is -2.42. The Morgan fingerprint density at radius 3 is 1.12 bits per heavy atom. The molecule has 632 valence electrons. The number of nitrogens with two attached hydrogens (primary N) is 1. The molecule has 3 aromatic heterocycles. The molecule has 11 aromatic rings. The van der Waals surface area contributed by atoms with Crippen LogP contribution in [0, 0.1) is 6.92 Å². The summed E-state index contributed by atoms with van der Waals surface area (Å²) in [6.07, 6.45) is -9.52. The number of rotatable bonds is 12. The normalized spacial score (nSPS) is 20.0. The fraction of sp³-hybridized carbons (Fsp3) is 0.407. The van der Waals surface area contributed by atoms with Gasteiger partial charge in [0, 0.05) is 120 Å². The first-order chi connectivity index (χ1) is 55.5. The number of ether oxygens (including phenoxy) is 4. The van der Waals surface area contributed by atoms with Crippen molar-refractivity contribution in [2.75, 3.05) is 58.9 Å². The first-order valence-corrected chi connectivity index (χ1v) is 42.7. The molecule has 0 unspecified atom stereocenters. The van der Waals surface area contributed by atoms with E-state index >= 15 is 0 Å². The quantitative estimate of drug-likeness (QED) is 0.0249. The molecule has 0 aliphatic carbocycles. The number of aliphatic hydroxyl groups excluding tert-OH is 3. The lowest BCUT2D eigenvalue weighted by atomic mass is 9.97. The minimum Gasteiger partial charge on any atom is -0.444 e. The summed E-state index contributed by atoms with van der Waals surface area (Å²) in [5, 5.41) is 43.7. The van der Waals surface area contributed by atoms with Crippen LogP contribution in [-0.2, 0) is 33.3 Å². The molecule has 9 atom stereocenters. The van der Waals surface area contributed by atoms with Gasteiger partial charge in [-0.15, -0.1) is 13.2 Å². The van der Waals surface area contributed by atoms with Crippen molar-refractivity contribution in [2.45, 2.75) is 178 Å². The number of hydrogen-bond donors (Lipinski definition) is 5. The molecule has 0 radical (unpaired) electrons. The van der Waals surface area contributed by atoms with E-state index in [0.29, 0.717) is 6.54 Å². The Morgan fingerprint density at radius 2 is 0.805 bits per heavy atom. The molecule has 8 aromatic carbocycles. The van der Waals surface area contributed by atoms with Crippen molar-refractivity contribution in [1.29, 1.82) is 0 Å². The van der Waals surface area contributed by atoms with Gasteiger partial charge in [-0.05, 0) is 167 Å². The average molecular weight is 1690 g/mol. The van der Waals surface area contributed by atoms with E-state index in [-0.39, 0.29) is 48.6 Å². The number of alkyl halides is 3. The highest BCUT2D eigenvalue weighted by Gasteiger charge is 2.45. The number of para-hydroxylation sites is 6. The number of aromatic nitrogens is 3. The van der Waals surface area contributed by atoms with Gasteiger partial charge in [0.05, 0.1) is 64.4 Å². The highest BCUT2D eigenvalue weighted by Crippen LogP contribution is 2.40. The number of piperidine rings is 3. The van der Waals surface area contributed by atoms with E-state index in [1.165, 1.54) is 41.6 Å². The zero-order valence-electron chi connectivity index (χ0n) is 68.2. The summed E-state index contributed by atoms with van der Waals surface area (Å²) >= 11 is 0. The minimum atomic E-state index is -4.93. The summed E-state index contributed by atoms with van der Waals surface area (Å²) in [4.78, 5) is 48.2. The van der Waals surface area contributed by atoms with E-state index in [1.807, 2.05) is 170 Å². The van der Waals surface area contributed by atoms with Gasteiger partial charge in [-0.3, -0.25) is 0 Å². The SMILES string of the molecule is CC(C)(C)OC(=O)N1C[C@@H](n2c3ccccc3c3ccccc32)[C@H](O)[C@@H](N)C1.CC(C)(C)OC(=O)N1C[C@H](N=[N+]=[N-])[C@@H](O)[C@H](n2c3ccccc3c3ccccc32)C1.CC(C)(C)OC(=O)N1C[C@H](NS(=O)(=O)c2ccc(OC(F)(F)F)cc2)[C@@H](O)[C@H](n2c3ccccc3c3ccccc32)C1.CCN(CC)CC.Cc1ccc(S(=O)(=O)Cl)cc1. The second kappa shape index (κ2) is 37.4. The molecule has 6 heterocycles. The third-order valence-electron chi connectivity index (χ3n) is 20.2. The van der Waals surface area contributed by atoms with Crippen molar-refractivity contribution in [1.82, 2.24) is 38.0 Å². The summed E-state index contributed by atoms with van der Waals surface area (Å²) in [5.74, 6) is -0.582. The number of halogens is 4. The number of nitrogens with zero attached hydrogens (tertiary/aromatic N) is 10. The maximum absolute atomic E-state index is 13.3. The molecule has 3 fully saturated rings. The number of aliphatic hydroxyl groups is 3. The van der Waals surface area contributed by atoms with Crippen LogP contribution in [0.4, 0.5) is 27.6 Å². The van der Waals surface area contributed by atoms with Crippen molar-refractivity contribution < 1.29 is 78.7 Å². The van der Waals surface area contributed by atoms with Crippen LogP contribution in [-0.4, -0.2) is 202 Å². The molecule has 118 heavy (non-hydrogen) atoms. The van der Waals surface area contributed by atoms with Crippen LogP contribution in [0.1, 0.15) is 107 Å². The smallest absolute Gasteiger partial charge is 0.444 e. The topological polar surface area (TPSA) is 332 Å². The monoisotopic (exact) mass is 1680 g/mol. The molecular formula is C86H104ClF3N12O14S2. The third-order valence-corrected chi connectivity index (χ3v) is 23.1. The number of amides is 3. The molecule has 0 saturated carbocycles. The molecule has 0 bridgehead atoms. The van der Waals surface area contributed by atoms with E-state index in [0.717, 1.165) is 95.2 Å². The molecule has 6 N–H and O–H groups in total. The maximum atomic E-state index is 13.3. The van der Waals surface area contributed by atoms with Crippen LogP contribution in [0.25, 0.3) is 75.9 Å². The van der Waals surface area contributed by atoms with Crippen LogP contribution in [0.2, 0.25) is 0 Å². The predicted molar refractivity (Wildman–Crippen MR) is 453 cm³/mol. The number of nitrogens with one attached hydrogen (secondary N) is 1. The van der Waals surface area contributed by atoms with Crippen LogP contribution >= 0.6 is 10.7 Å². The molecule has 3 amide bonds. The van der Waals surface area contributed by atoms with Gasteiger partial charge >= 0.3 is 24.6 Å². The Kier molecular flexibility index (Phi) is 28.6. The van der Waals surface area contributed by atoms with E-state index in [9.17, 15) is 59.7 Å². The van der Waals surface area contributed by atoms with Gasteiger partial charge in [-0.1, -0.05) is 153 Å². The number of fused-ring (bicyclic) bond motifs is 9. The molecule has 32 heteroatoms. The Hall–Kier alpha value is -10.2. The van der Waals surface area contributed by atoms with Crippen molar-refractivity contribution in [2.24, 2.45) is 10.8 Å². The molecular weight excluding hydrogens is 1580 g/mol. The van der Waals surface area contributed by atoms with Gasteiger partial charge in [0.15, 0.2) is 0 Å². The first-order valence-electron chi connectivity index (χ1n) is 38.9. The third kappa shape index (κ3) is 22.0. The van der Waals surface area contributed by atoms with Crippen molar-refractivity contribution in [3.05, 3.63) is 210 Å². The summed E-state index contributed by atoms with van der Waals surface area (Å²) in [7, 11) is -2.81. The number of likely N-dealkylation sites (tertiary alicyclic amines) is 3. The zero-order chi connectivity index (χ0) is 86.1. The number of carbonyl (C=O) groups is 3. The fourth-order valence-electron chi connectivity index (χ4n) is 14.9. The lowest BCUT2D eigenvalue weighted by molar-refractivity contribution is -0.274. The molecule has 14 rings (SSSR count). The van der Waals surface area contributed by atoms with E-state index in [2.05, 4.69) is 61.9 Å². The van der Waals surface area contributed by atoms with Crippen molar-refractivity contribution >= 4 is 113 Å². The Labute approximate surface area is 689 Å². The molecule has 3 saturated heterocycles. The van der Waals surface area contributed by atoms with Crippen LogP contribution in [0.3, 0.4) is 0 Å². The van der Waals surface area contributed by atoms with E-state index < -0.39 is 115 Å². The number of sulfonamides is 1. The van der Waals surface area contributed by atoms with Crippen molar-refractivity contribution in [3.63, 3.8) is 0 Å². The van der Waals surface area contributed by atoms with E-state index in [4.69, 9.17) is 36.2 Å². The lowest BCUT2D eigenvalue weighted by Crippen LogP contribution is -2.60. The molecule has 3 aliphatic rings. The largest absolute Gasteiger partial charge is 0.573 e. The Morgan fingerprint density at radius 1 is 0.492 bits per heavy atom. The molecule has 3 aliphatic heterocycles. The van der Waals surface area contributed by atoms with Crippen LogP contribution in [0.5, 0.6) is 5.75 Å². The van der Waals surface area contributed by atoms with Crippen LogP contribution < -0.4 is 15.2 Å². The molecule has 26 nitrogen and oxygen atoms in total. The standard InChI is InChI=1S/C29H30F3N3O6S.C22H25N5O3.C22H27N3O3.C7H7ClO2S.C6H15N/c1-28(2,3)41-27(37)34-16-22(33-42(38,39)19-14-12-18(13-15-19)40-29(30,31)32)26(36)25(17-34)35-23-10-6-4-8-20(23)21-9-5-7-11-24(21)35;1-22(2,3)30-21(29)26-12-16(24-25-23)20(28)19(13-26)27-17-10-6-4-8-14(17)15-9-5-7-11-18(15)27;1-22(2,3)28-21(27)24-12-16(23)20(26)19(13-24)25-17-10-6-4-8-14(17)15-9-5-7-11-18(15)25;1-6-2-4-7(5-3-6)11(8,9)10;1-4-7(5-2)6-3/h4-15,22,25-26,33,36H,16-17H2,1-3H3;4-11,16,19-20,28H,12-13H2,1-3H3;4-11,16,19-20,26H,12-13,23H2,1-3H3;2-5H,1H3;4-6H2,1-3H3/t22-,25+,26+;2*16-,19+,20+;;/m000../s1. The summed E-state index contributed by atoms with van der Waals surface area (Å²) in [6.45, 7) is 28.8.